The molecule has 0 heterocycles. The van der Waals surface area contributed by atoms with Crippen molar-refractivity contribution < 1.29 is 4.99 Å². The van der Waals surface area contributed by atoms with E-state index in [0.717, 1.165) is 11.3 Å². The van der Waals surface area contributed by atoms with Gasteiger partial charge in [-0.15, -0.1) is 0 Å². The van der Waals surface area contributed by atoms with Gasteiger partial charge in [0.15, 0.2) is 0 Å². The summed E-state index contributed by atoms with van der Waals surface area (Å²) in [5, 5.41) is 3.54. The predicted octanol–water partition coefficient (Wildman–Crippen LogP) is 0.870. The van der Waals surface area contributed by atoms with E-state index in [9.17, 15) is 0 Å². The summed E-state index contributed by atoms with van der Waals surface area (Å²) in [7, 11) is 0. The molecule has 4 heteroatoms. The largest absolute Gasteiger partial charge is 0.318 e. The van der Waals surface area contributed by atoms with Gasteiger partial charge in [-0.2, -0.15) is 0 Å². The van der Waals surface area contributed by atoms with Gasteiger partial charge in [0.05, 0.1) is 5.69 Å². The van der Waals surface area contributed by atoms with E-state index in [1.165, 1.54) is 0 Å². The van der Waals surface area contributed by atoms with E-state index in [4.69, 9.17) is 18.0 Å². The number of thiocarbonyl (C=S) groups is 1. The first-order valence-electron chi connectivity index (χ1n) is 5.56. The Morgan fingerprint density at radius 1 is 0.944 bits per heavy atom. The molecule has 0 saturated carbocycles. The van der Waals surface area contributed by atoms with Crippen molar-refractivity contribution in [1.82, 2.24) is 0 Å². The summed E-state index contributed by atoms with van der Waals surface area (Å²) in [5.41, 5.74) is 7.77. The van der Waals surface area contributed by atoms with Crippen LogP contribution in [0.5, 0.6) is 0 Å². The van der Waals surface area contributed by atoms with Crippen LogP contribution in [0.4, 0.5) is 5.69 Å². The van der Waals surface area contributed by atoms with Crippen molar-refractivity contribution in [2.45, 2.75) is 0 Å². The Bertz CT molecular complexity index is 550. The van der Waals surface area contributed by atoms with Gasteiger partial charge in [0.1, 0.15) is 0 Å². The fraction of sp³-hybridized carbons (Fsp3) is 0. The lowest BCUT2D eigenvalue weighted by Crippen LogP contribution is -2.81. The first-order chi connectivity index (χ1) is 8.75. The van der Waals surface area contributed by atoms with Crippen molar-refractivity contribution in [3.8, 4) is 0 Å². The molecule has 3 nitrogen and oxygen atoms in total. The molecule has 0 bridgehead atoms. The minimum Gasteiger partial charge on any atom is -0.318 e. The number of nitrogen functional groups attached to an aromatic ring is 1. The van der Waals surface area contributed by atoms with E-state index >= 15 is 0 Å². The maximum absolute atomic E-state index is 5.93. The second kappa shape index (κ2) is 5.93. The summed E-state index contributed by atoms with van der Waals surface area (Å²) in [6, 6.07) is 19.4. The molecule has 18 heavy (non-hydrogen) atoms. The summed E-state index contributed by atoms with van der Waals surface area (Å²) >= 11 is 5.19. The lowest BCUT2D eigenvalue weighted by Gasteiger charge is -2.00. The number of anilines is 1. The number of benzene rings is 2. The number of hydrogen-bond acceptors (Lipinski definition) is 1. The third kappa shape index (κ3) is 3.40. The van der Waals surface area contributed by atoms with Gasteiger partial charge in [0.2, 0.25) is 5.84 Å². The summed E-state index contributed by atoms with van der Waals surface area (Å²) in [6.45, 7) is 0. The first-order valence-corrected chi connectivity index (χ1v) is 5.97. The van der Waals surface area contributed by atoms with Crippen LogP contribution in [0.15, 0.2) is 60.7 Å². The lowest BCUT2D eigenvalue weighted by atomic mass is 10.2. The van der Waals surface area contributed by atoms with Crippen molar-refractivity contribution in [2.24, 2.45) is 5.73 Å². The average Bonchev–Trinajstić information content (AvgIpc) is 2.40. The predicted molar refractivity (Wildman–Crippen MR) is 78.4 cm³/mol. The van der Waals surface area contributed by atoms with Crippen LogP contribution in [0.25, 0.3) is 0 Å². The number of rotatable bonds is 2. The first kappa shape index (κ1) is 12.3. The van der Waals surface area contributed by atoms with Crippen LogP contribution >= 0.6 is 12.2 Å². The second-order valence-corrected chi connectivity index (χ2v) is 4.13. The van der Waals surface area contributed by atoms with Gasteiger partial charge >= 0.3 is 0 Å². The minimum absolute atomic E-state index is 0.475. The van der Waals surface area contributed by atoms with Crippen molar-refractivity contribution in [3.05, 3.63) is 66.2 Å². The number of hydrogen-bond donors (Lipinski definition) is 3. The summed E-state index contributed by atoms with van der Waals surface area (Å²) in [6.07, 6.45) is 0. The standard InChI is InChI=1S/C14H13N3S/c15-13(11-7-3-1-4-8-11)17-14(18)16-12-9-5-2-6-10-12/h1-10H,(H3,15,16,17,18)/p+1. The van der Waals surface area contributed by atoms with Crippen LogP contribution in [0.2, 0.25) is 0 Å². The highest BCUT2D eigenvalue weighted by Crippen LogP contribution is 2.03. The highest BCUT2D eigenvalue weighted by atomic mass is 32.1. The molecule has 0 radical (unpaired) electrons. The molecule has 2 aromatic rings. The molecule has 0 amide bonds. The summed E-state index contributed by atoms with van der Waals surface area (Å²) < 4.78 is 0. The van der Waals surface area contributed by atoms with Crippen LogP contribution in [0.3, 0.4) is 0 Å². The van der Waals surface area contributed by atoms with Crippen molar-refractivity contribution in [3.63, 3.8) is 0 Å². The van der Waals surface area contributed by atoms with Crippen LogP contribution in [-0.4, -0.2) is 10.9 Å². The number of para-hydroxylation sites is 1. The number of nitrogens with one attached hydrogen (secondary N) is 2. The van der Waals surface area contributed by atoms with Crippen molar-refractivity contribution in [1.29, 1.82) is 0 Å². The molecule has 0 aliphatic rings. The van der Waals surface area contributed by atoms with Gasteiger partial charge in [-0.05, 0) is 36.5 Å². The normalized spacial score (nSPS) is 11.0. The van der Waals surface area contributed by atoms with E-state index in [1.807, 2.05) is 60.7 Å². The van der Waals surface area contributed by atoms with Crippen LogP contribution in [-0.2, 0) is 0 Å². The van der Waals surface area contributed by atoms with Gasteiger partial charge in [-0.1, -0.05) is 36.4 Å². The Balaban J connectivity index is 2.07. The monoisotopic (exact) mass is 256 g/mol. The molecule has 90 valence electrons. The molecular formula is C14H14N3S+. The van der Waals surface area contributed by atoms with Crippen molar-refractivity contribution >= 4 is 28.9 Å². The molecule has 0 fully saturated rings. The molecular weight excluding hydrogens is 242 g/mol. The molecule has 2 rings (SSSR count). The molecule has 4 N–H and O–H groups in total. The molecule has 0 saturated heterocycles. The van der Waals surface area contributed by atoms with Gasteiger partial charge in [-0.3, -0.25) is 5.32 Å². The Morgan fingerprint density at radius 2 is 1.50 bits per heavy atom. The third-order valence-electron chi connectivity index (χ3n) is 2.36. The van der Waals surface area contributed by atoms with E-state index in [2.05, 4.69) is 10.3 Å². The molecule has 0 atom stereocenters. The fourth-order valence-corrected chi connectivity index (χ4v) is 1.72. The van der Waals surface area contributed by atoms with Crippen LogP contribution < -0.4 is 16.0 Å². The van der Waals surface area contributed by atoms with E-state index in [-0.39, 0.29) is 0 Å². The molecule has 0 spiro atoms. The van der Waals surface area contributed by atoms with E-state index in [1.54, 1.807) is 0 Å². The Morgan fingerprint density at radius 3 is 2.11 bits per heavy atom. The van der Waals surface area contributed by atoms with E-state index in [0.29, 0.717) is 10.9 Å². The Labute approximate surface area is 111 Å². The summed E-state index contributed by atoms with van der Waals surface area (Å²) in [5.74, 6) is 0.532. The second-order valence-electron chi connectivity index (χ2n) is 3.72. The molecule has 0 aromatic heterocycles. The molecule has 0 aliphatic carbocycles. The molecule has 2 aromatic carbocycles. The zero-order valence-corrected chi connectivity index (χ0v) is 10.6. The van der Waals surface area contributed by atoms with Crippen LogP contribution in [0.1, 0.15) is 5.56 Å². The zero-order chi connectivity index (χ0) is 12.8. The lowest BCUT2D eigenvalue weighted by molar-refractivity contribution is -0.310. The molecule has 0 unspecified atom stereocenters. The Kier molecular flexibility index (Phi) is 4.04. The summed E-state index contributed by atoms with van der Waals surface area (Å²) in [4.78, 5) is 2.96. The third-order valence-corrected chi connectivity index (χ3v) is 2.57. The maximum atomic E-state index is 5.93. The van der Waals surface area contributed by atoms with E-state index < -0.39 is 0 Å². The topological polar surface area (TPSA) is 52.0 Å². The van der Waals surface area contributed by atoms with Gasteiger partial charge in [0.25, 0.3) is 5.11 Å². The van der Waals surface area contributed by atoms with Gasteiger partial charge < -0.3 is 5.73 Å². The highest BCUT2D eigenvalue weighted by Gasteiger charge is 2.04. The average molecular weight is 256 g/mol. The van der Waals surface area contributed by atoms with Crippen molar-refractivity contribution in [2.75, 3.05) is 5.32 Å². The van der Waals surface area contributed by atoms with Gasteiger partial charge in [0, 0.05) is 5.56 Å². The molecule has 0 aliphatic heterocycles. The smallest absolute Gasteiger partial charge is 0.292 e. The SMILES string of the molecule is NC(=[NH+]C(=S)Nc1ccccc1)c1ccccc1. The zero-order valence-electron chi connectivity index (χ0n) is 9.76. The van der Waals surface area contributed by atoms with Gasteiger partial charge in [-0.25, -0.2) is 4.99 Å². The highest BCUT2D eigenvalue weighted by molar-refractivity contribution is 7.80. The number of nitrogens with two attached hydrogens (primary N) is 1. The minimum atomic E-state index is 0.475. The fourth-order valence-electron chi connectivity index (χ4n) is 1.50. The number of amidine groups is 1. The quantitative estimate of drug-likeness (QED) is 0.424. The van der Waals surface area contributed by atoms with Crippen LogP contribution in [0, 0.1) is 0 Å². The maximum Gasteiger partial charge on any atom is 0.292 e. The Hall–Kier alpha value is -2.20.